The molecular weight excluding hydrogens is 164 g/mol. The van der Waals surface area contributed by atoms with Gasteiger partial charge in [0.05, 0.1) is 11.5 Å². The SMILES string of the molecule is C=CCS(=O)(=O)CCC(C)=O. The van der Waals surface area contributed by atoms with Crippen molar-refractivity contribution < 1.29 is 13.2 Å². The van der Waals surface area contributed by atoms with Crippen LogP contribution < -0.4 is 0 Å². The number of carbonyl (C=O) groups is 1. The van der Waals surface area contributed by atoms with Crippen LogP contribution in [0.1, 0.15) is 13.3 Å². The van der Waals surface area contributed by atoms with E-state index in [2.05, 4.69) is 6.58 Å². The summed E-state index contributed by atoms with van der Waals surface area (Å²) in [4.78, 5) is 10.4. The fourth-order valence-corrected chi connectivity index (χ4v) is 1.69. The Morgan fingerprint density at radius 1 is 1.55 bits per heavy atom. The van der Waals surface area contributed by atoms with E-state index in [0.717, 1.165) is 0 Å². The molecule has 0 saturated heterocycles. The predicted molar refractivity (Wildman–Crippen MR) is 44.1 cm³/mol. The molecule has 0 heterocycles. The lowest BCUT2D eigenvalue weighted by molar-refractivity contribution is -0.116. The van der Waals surface area contributed by atoms with Gasteiger partial charge >= 0.3 is 0 Å². The Balaban J connectivity index is 3.93. The van der Waals surface area contributed by atoms with Crippen LogP contribution in [0.3, 0.4) is 0 Å². The molecule has 3 nitrogen and oxygen atoms in total. The van der Waals surface area contributed by atoms with Crippen LogP contribution in [-0.4, -0.2) is 25.7 Å². The zero-order chi connectivity index (χ0) is 8.91. The van der Waals surface area contributed by atoms with Crippen molar-refractivity contribution in [1.29, 1.82) is 0 Å². The molecule has 0 aromatic heterocycles. The van der Waals surface area contributed by atoms with Gasteiger partial charge in [-0.3, -0.25) is 4.79 Å². The van der Waals surface area contributed by atoms with Gasteiger partial charge in [0, 0.05) is 6.42 Å². The predicted octanol–water partition coefficient (Wildman–Crippen LogP) is 0.566. The minimum absolute atomic E-state index is 0.0414. The molecule has 64 valence electrons. The second kappa shape index (κ2) is 4.28. The van der Waals surface area contributed by atoms with Gasteiger partial charge in [0.15, 0.2) is 9.84 Å². The van der Waals surface area contributed by atoms with E-state index in [0.29, 0.717) is 0 Å². The summed E-state index contributed by atoms with van der Waals surface area (Å²) in [5, 5.41) is 0. The van der Waals surface area contributed by atoms with Crippen molar-refractivity contribution in [2.75, 3.05) is 11.5 Å². The van der Waals surface area contributed by atoms with E-state index < -0.39 is 9.84 Å². The minimum atomic E-state index is -3.07. The van der Waals surface area contributed by atoms with Crippen molar-refractivity contribution in [3.63, 3.8) is 0 Å². The molecule has 4 heteroatoms. The molecule has 0 fully saturated rings. The molecule has 0 spiro atoms. The molecule has 0 N–H and O–H groups in total. The first-order valence-electron chi connectivity index (χ1n) is 3.28. The van der Waals surface area contributed by atoms with E-state index in [9.17, 15) is 13.2 Å². The maximum atomic E-state index is 10.9. The van der Waals surface area contributed by atoms with Gasteiger partial charge in [0.2, 0.25) is 0 Å². The van der Waals surface area contributed by atoms with Crippen LogP contribution in [0.25, 0.3) is 0 Å². The number of hydrogen-bond donors (Lipinski definition) is 0. The first kappa shape index (κ1) is 10.4. The molecule has 0 aliphatic carbocycles. The Morgan fingerprint density at radius 3 is 2.45 bits per heavy atom. The molecule has 11 heavy (non-hydrogen) atoms. The molecule has 0 amide bonds. The fraction of sp³-hybridized carbons (Fsp3) is 0.571. The molecule has 0 aliphatic heterocycles. The average molecular weight is 176 g/mol. The van der Waals surface area contributed by atoms with E-state index in [1.807, 2.05) is 0 Å². The normalized spacial score (nSPS) is 11.0. The Hall–Kier alpha value is -0.640. The summed E-state index contributed by atoms with van der Waals surface area (Å²) in [6.07, 6.45) is 1.44. The van der Waals surface area contributed by atoms with Gasteiger partial charge in [-0.15, -0.1) is 6.58 Å². The third-order valence-corrected chi connectivity index (χ3v) is 2.71. The summed E-state index contributed by atoms with van der Waals surface area (Å²) < 4.78 is 21.8. The molecule has 0 rings (SSSR count). The highest BCUT2D eigenvalue weighted by atomic mass is 32.2. The van der Waals surface area contributed by atoms with Gasteiger partial charge in [0.25, 0.3) is 0 Å². The summed E-state index contributed by atoms with van der Waals surface area (Å²) in [5.41, 5.74) is 0. The van der Waals surface area contributed by atoms with E-state index in [1.165, 1.54) is 13.0 Å². The number of hydrogen-bond acceptors (Lipinski definition) is 3. The monoisotopic (exact) mass is 176 g/mol. The van der Waals surface area contributed by atoms with E-state index in [4.69, 9.17) is 0 Å². The number of carbonyl (C=O) groups excluding carboxylic acids is 1. The third-order valence-electron chi connectivity index (χ3n) is 1.14. The number of ketones is 1. The maximum Gasteiger partial charge on any atom is 0.154 e. The smallest absolute Gasteiger partial charge is 0.154 e. The van der Waals surface area contributed by atoms with Crippen LogP contribution in [0.4, 0.5) is 0 Å². The highest BCUT2D eigenvalue weighted by Gasteiger charge is 2.08. The van der Waals surface area contributed by atoms with Gasteiger partial charge in [0.1, 0.15) is 5.78 Å². The summed E-state index contributed by atoms with van der Waals surface area (Å²) in [6.45, 7) is 4.69. The first-order valence-corrected chi connectivity index (χ1v) is 5.11. The molecular formula is C7H12O3S. The molecule has 0 bridgehead atoms. The lowest BCUT2D eigenvalue weighted by Crippen LogP contribution is -2.11. The summed E-state index contributed by atoms with van der Waals surface area (Å²) in [5.74, 6) is -0.202. The van der Waals surface area contributed by atoms with Crippen molar-refractivity contribution in [3.05, 3.63) is 12.7 Å². The van der Waals surface area contributed by atoms with Crippen LogP contribution in [0.2, 0.25) is 0 Å². The van der Waals surface area contributed by atoms with Gasteiger partial charge < -0.3 is 0 Å². The lowest BCUT2D eigenvalue weighted by Gasteiger charge is -1.96. The summed E-state index contributed by atoms with van der Waals surface area (Å²) >= 11 is 0. The topological polar surface area (TPSA) is 51.2 Å². The van der Waals surface area contributed by atoms with Gasteiger partial charge in [-0.1, -0.05) is 6.08 Å². The first-order chi connectivity index (χ1) is 4.98. The van der Waals surface area contributed by atoms with E-state index in [-0.39, 0.29) is 23.7 Å². The molecule has 0 aromatic rings. The fourth-order valence-electron chi connectivity index (χ4n) is 0.562. The zero-order valence-electron chi connectivity index (χ0n) is 6.54. The van der Waals surface area contributed by atoms with E-state index >= 15 is 0 Å². The molecule has 0 atom stereocenters. The second-order valence-electron chi connectivity index (χ2n) is 2.36. The second-order valence-corrected chi connectivity index (χ2v) is 4.58. The van der Waals surface area contributed by atoms with Crippen molar-refractivity contribution in [1.82, 2.24) is 0 Å². The maximum absolute atomic E-state index is 10.9. The average Bonchev–Trinajstić information content (AvgIpc) is 1.84. The zero-order valence-corrected chi connectivity index (χ0v) is 7.36. The van der Waals surface area contributed by atoms with Crippen molar-refractivity contribution >= 4 is 15.6 Å². The van der Waals surface area contributed by atoms with Crippen LogP contribution in [0.15, 0.2) is 12.7 Å². The molecule has 0 radical (unpaired) electrons. The van der Waals surface area contributed by atoms with Gasteiger partial charge in [-0.25, -0.2) is 8.42 Å². The number of sulfone groups is 1. The Bertz CT molecular complexity index is 238. The van der Waals surface area contributed by atoms with Crippen LogP contribution >= 0.6 is 0 Å². The highest BCUT2D eigenvalue weighted by molar-refractivity contribution is 7.91. The summed E-state index contributed by atoms with van der Waals surface area (Å²) in [6, 6.07) is 0. The molecule has 0 aliphatic rings. The Morgan fingerprint density at radius 2 is 2.09 bits per heavy atom. The Kier molecular flexibility index (Phi) is 4.03. The number of rotatable bonds is 5. The van der Waals surface area contributed by atoms with Crippen molar-refractivity contribution in [3.8, 4) is 0 Å². The standard InChI is InChI=1S/C7H12O3S/c1-3-5-11(9,10)6-4-7(2)8/h3H,1,4-6H2,2H3. The van der Waals surface area contributed by atoms with Gasteiger partial charge in [-0.2, -0.15) is 0 Å². The van der Waals surface area contributed by atoms with Crippen LogP contribution in [0.5, 0.6) is 0 Å². The molecule has 0 aromatic carbocycles. The van der Waals surface area contributed by atoms with E-state index in [1.54, 1.807) is 0 Å². The Labute approximate surface area is 67.0 Å². The van der Waals surface area contributed by atoms with Crippen LogP contribution in [0, 0.1) is 0 Å². The highest BCUT2D eigenvalue weighted by Crippen LogP contribution is 1.94. The van der Waals surface area contributed by atoms with Crippen LogP contribution in [-0.2, 0) is 14.6 Å². The summed E-state index contributed by atoms with van der Waals surface area (Å²) in [7, 11) is -3.07. The van der Waals surface area contributed by atoms with Gasteiger partial charge in [-0.05, 0) is 6.92 Å². The number of Topliss-reactive ketones (excluding diaryl/α,β-unsaturated/α-hetero) is 1. The van der Waals surface area contributed by atoms with Crippen molar-refractivity contribution in [2.24, 2.45) is 0 Å². The largest absolute Gasteiger partial charge is 0.300 e. The quantitative estimate of drug-likeness (QED) is 0.575. The minimum Gasteiger partial charge on any atom is -0.300 e. The lowest BCUT2D eigenvalue weighted by atomic mass is 10.4. The third kappa shape index (κ3) is 5.79. The molecule has 0 unspecified atom stereocenters. The molecule has 0 saturated carbocycles. The van der Waals surface area contributed by atoms with Crippen molar-refractivity contribution in [2.45, 2.75) is 13.3 Å².